The SMILES string of the molecule is CCC(C#N)Nc1ccc(S(C)(=O)=O)cc1. The van der Waals surface area contributed by atoms with Gasteiger partial charge in [-0.05, 0) is 30.7 Å². The van der Waals surface area contributed by atoms with Crippen LogP contribution in [-0.2, 0) is 9.84 Å². The van der Waals surface area contributed by atoms with Crippen LogP contribution < -0.4 is 5.32 Å². The molecule has 0 aromatic heterocycles. The smallest absolute Gasteiger partial charge is 0.175 e. The van der Waals surface area contributed by atoms with Crippen LogP contribution in [0.5, 0.6) is 0 Å². The van der Waals surface area contributed by atoms with Crippen LogP contribution >= 0.6 is 0 Å². The molecule has 0 saturated heterocycles. The Morgan fingerprint density at radius 1 is 1.38 bits per heavy atom. The van der Waals surface area contributed by atoms with E-state index in [1.54, 1.807) is 12.1 Å². The van der Waals surface area contributed by atoms with Crippen LogP contribution in [0.25, 0.3) is 0 Å². The van der Waals surface area contributed by atoms with Gasteiger partial charge in [0, 0.05) is 11.9 Å². The van der Waals surface area contributed by atoms with Crippen LogP contribution in [0.3, 0.4) is 0 Å². The minimum atomic E-state index is -3.15. The molecule has 1 aromatic rings. The van der Waals surface area contributed by atoms with E-state index >= 15 is 0 Å². The lowest BCUT2D eigenvalue weighted by atomic mass is 10.2. The summed E-state index contributed by atoms with van der Waals surface area (Å²) in [7, 11) is -3.15. The first-order valence-corrected chi connectivity index (χ1v) is 6.82. The Bertz CT molecular complexity index is 486. The Labute approximate surface area is 95.8 Å². The summed E-state index contributed by atoms with van der Waals surface area (Å²) in [4.78, 5) is 0.281. The molecule has 5 heteroatoms. The molecule has 0 bridgehead atoms. The Morgan fingerprint density at radius 2 is 1.94 bits per heavy atom. The van der Waals surface area contributed by atoms with Crippen LogP contribution in [0.2, 0.25) is 0 Å². The zero-order valence-electron chi connectivity index (χ0n) is 9.27. The summed E-state index contributed by atoms with van der Waals surface area (Å²) >= 11 is 0. The van der Waals surface area contributed by atoms with Crippen molar-refractivity contribution in [2.75, 3.05) is 11.6 Å². The molecule has 4 nitrogen and oxygen atoms in total. The van der Waals surface area contributed by atoms with Crippen molar-refractivity contribution in [3.63, 3.8) is 0 Å². The van der Waals surface area contributed by atoms with E-state index in [0.717, 1.165) is 5.69 Å². The molecule has 1 atom stereocenters. The first kappa shape index (κ1) is 12.5. The highest BCUT2D eigenvalue weighted by molar-refractivity contribution is 7.90. The van der Waals surface area contributed by atoms with Gasteiger partial charge in [-0.25, -0.2) is 8.42 Å². The van der Waals surface area contributed by atoms with E-state index in [4.69, 9.17) is 5.26 Å². The van der Waals surface area contributed by atoms with Crippen LogP contribution in [0.15, 0.2) is 29.2 Å². The summed E-state index contributed by atoms with van der Waals surface area (Å²) in [6.45, 7) is 1.91. The average molecular weight is 238 g/mol. The third-order valence-electron chi connectivity index (χ3n) is 2.19. The van der Waals surface area contributed by atoms with Crippen molar-refractivity contribution in [3.8, 4) is 6.07 Å². The maximum Gasteiger partial charge on any atom is 0.175 e. The second-order valence-electron chi connectivity index (χ2n) is 3.53. The molecule has 0 radical (unpaired) electrons. The highest BCUT2D eigenvalue weighted by Gasteiger charge is 2.07. The minimum absolute atomic E-state index is 0.246. The molecule has 86 valence electrons. The van der Waals surface area contributed by atoms with Crippen molar-refractivity contribution in [2.24, 2.45) is 0 Å². The predicted molar refractivity (Wildman–Crippen MR) is 62.9 cm³/mol. The molecule has 1 aromatic carbocycles. The number of hydrogen-bond donors (Lipinski definition) is 1. The lowest BCUT2D eigenvalue weighted by molar-refractivity contribution is 0.602. The van der Waals surface area contributed by atoms with Gasteiger partial charge in [-0.15, -0.1) is 0 Å². The van der Waals surface area contributed by atoms with E-state index in [2.05, 4.69) is 11.4 Å². The summed E-state index contributed by atoms with van der Waals surface area (Å²) in [5, 5.41) is 11.8. The minimum Gasteiger partial charge on any atom is -0.370 e. The van der Waals surface area contributed by atoms with E-state index in [-0.39, 0.29) is 10.9 Å². The summed E-state index contributed by atoms with van der Waals surface area (Å²) in [6.07, 6.45) is 1.86. The molecule has 0 amide bonds. The zero-order valence-corrected chi connectivity index (χ0v) is 10.1. The van der Waals surface area contributed by atoms with Crippen molar-refractivity contribution >= 4 is 15.5 Å². The van der Waals surface area contributed by atoms with Crippen molar-refractivity contribution in [3.05, 3.63) is 24.3 Å². The fraction of sp³-hybridized carbons (Fsp3) is 0.364. The first-order chi connectivity index (χ1) is 7.47. The van der Waals surface area contributed by atoms with Gasteiger partial charge >= 0.3 is 0 Å². The van der Waals surface area contributed by atoms with Gasteiger partial charge in [0.15, 0.2) is 9.84 Å². The normalized spacial score (nSPS) is 12.8. The fourth-order valence-electron chi connectivity index (χ4n) is 1.23. The highest BCUT2D eigenvalue weighted by Crippen LogP contribution is 2.15. The molecule has 0 aliphatic carbocycles. The summed E-state index contributed by atoms with van der Waals surface area (Å²) < 4.78 is 22.4. The van der Waals surface area contributed by atoms with Gasteiger partial charge < -0.3 is 5.32 Å². The number of nitriles is 1. The molecule has 1 rings (SSSR count). The van der Waals surface area contributed by atoms with Gasteiger partial charge in [0.25, 0.3) is 0 Å². The third-order valence-corrected chi connectivity index (χ3v) is 3.32. The van der Waals surface area contributed by atoms with Crippen LogP contribution in [0.1, 0.15) is 13.3 Å². The molecular formula is C11H14N2O2S. The van der Waals surface area contributed by atoms with E-state index < -0.39 is 9.84 Å². The third kappa shape index (κ3) is 3.24. The molecule has 0 saturated carbocycles. The second-order valence-corrected chi connectivity index (χ2v) is 5.55. The molecule has 0 aliphatic rings. The topological polar surface area (TPSA) is 70.0 Å². The molecule has 1 N–H and O–H groups in total. The number of hydrogen-bond acceptors (Lipinski definition) is 4. The van der Waals surface area contributed by atoms with Crippen molar-refractivity contribution in [1.82, 2.24) is 0 Å². The van der Waals surface area contributed by atoms with Gasteiger partial charge in [-0.1, -0.05) is 6.92 Å². The molecule has 0 spiro atoms. The van der Waals surface area contributed by atoms with Gasteiger partial charge in [-0.2, -0.15) is 5.26 Å². The van der Waals surface area contributed by atoms with Crippen LogP contribution in [-0.4, -0.2) is 20.7 Å². The van der Waals surface area contributed by atoms with Crippen molar-refractivity contribution in [2.45, 2.75) is 24.3 Å². The molecule has 16 heavy (non-hydrogen) atoms. The van der Waals surface area contributed by atoms with Crippen LogP contribution in [0, 0.1) is 11.3 Å². The van der Waals surface area contributed by atoms with E-state index in [9.17, 15) is 8.42 Å². The predicted octanol–water partition coefficient (Wildman–Crippen LogP) is 1.80. The van der Waals surface area contributed by atoms with Crippen LogP contribution in [0.4, 0.5) is 5.69 Å². The van der Waals surface area contributed by atoms with Crippen molar-refractivity contribution in [1.29, 1.82) is 5.26 Å². The quantitative estimate of drug-likeness (QED) is 0.868. The maximum absolute atomic E-state index is 11.2. The monoisotopic (exact) mass is 238 g/mol. The fourth-order valence-corrected chi connectivity index (χ4v) is 1.86. The van der Waals surface area contributed by atoms with Gasteiger partial charge in [-0.3, -0.25) is 0 Å². The number of benzene rings is 1. The highest BCUT2D eigenvalue weighted by atomic mass is 32.2. The number of sulfone groups is 1. The zero-order chi connectivity index (χ0) is 12.2. The van der Waals surface area contributed by atoms with Gasteiger partial charge in [0.2, 0.25) is 0 Å². The van der Waals surface area contributed by atoms with Crippen molar-refractivity contribution < 1.29 is 8.42 Å². The first-order valence-electron chi connectivity index (χ1n) is 4.93. The van der Waals surface area contributed by atoms with Gasteiger partial charge in [0.05, 0.1) is 11.0 Å². The molecule has 0 heterocycles. The second kappa shape index (κ2) is 4.99. The average Bonchev–Trinajstić information content (AvgIpc) is 2.25. The summed E-state index contributed by atoms with van der Waals surface area (Å²) in [5.74, 6) is 0. The Hall–Kier alpha value is -1.54. The Morgan fingerprint density at radius 3 is 2.31 bits per heavy atom. The van der Waals surface area contributed by atoms with E-state index in [1.165, 1.54) is 18.4 Å². The lowest BCUT2D eigenvalue weighted by Crippen LogP contribution is -2.15. The van der Waals surface area contributed by atoms with E-state index in [0.29, 0.717) is 6.42 Å². The number of anilines is 1. The molecular weight excluding hydrogens is 224 g/mol. The molecule has 1 unspecified atom stereocenters. The number of rotatable bonds is 4. The summed E-state index contributed by atoms with van der Waals surface area (Å²) in [6, 6.07) is 8.25. The lowest BCUT2D eigenvalue weighted by Gasteiger charge is -2.10. The molecule has 0 aliphatic heterocycles. The maximum atomic E-state index is 11.2. The Kier molecular flexibility index (Phi) is 3.91. The number of nitrogens with one attached hydrogen (secondary N) is 1. The molecule has 0 fully saturated rings. The van der Waals surface area contributed by atoms with E-state index in [1.807, 2.05) is 6.92 Å². The largest absolute Gasteiger partial charge is 0.370 e. The summed E-state index contributed by atoms with van der Waals surface area (Å²) in [5.41, 5.74) is 0.751. The number of nitrogens with zero attached hydrogens (tertiary/aromatic N) is 1. The standard InChI is InChI=1S/C11H14N2O2S/c1-3-9(8-12)13-10-4-6-11(7-5-10)16(2,14)15/h4-7,9,13H,3H2,1-2H3. The Balaban J connectivity index is 2.85. The van der Waals surface area contributed by atoms with Gasteiger partial charge in [0.1, 0.15) is 6.04 Å².